The van der Waals surface area contributed by atoms with Crippen molar-refractivity contribution in [3.05, 3.63) is 77.1 Å². The van der Waals surface area contributed by atoms with Crippen molar-refractivity contribution in [2.75, 3.05) is 62.8 Å². The number of carboxylic acids is 1. The van der Waals surface area contributed by atoms with E-state index in [4.69, 9.17) is 0 Å². The van der Waals surface area contributed by atoms with E-state index < -0.39 is 72.4 Å². The molecule has 0 bridgehead atoms. The van der Waals surface area contributed by atoms with Gasteiger partial charge in [0.1, 0.15) is 25.0 Å². The van der Waals surface area contributed by atoms with Gasteiger partial charge in [0, 0.05) is 75.4 Å². The Morgan fingerprint density at radius 1 is 0.942 bits per heavy atom. The van der Waals surface area contributed by atoms with Gasteiger partial charge in [-0.05, 0) is 55.0 Å². The van der Waals surface area contributed by atoms with Gasteiger partial charge in [0.05, 0.1) is 30.0 Å². The maximum absolute atomic E-state index is 15.2. The zero-order valence-electron chi connectivity index (χ0n) is 28.3. The average molecular weight is 739 g/mol. The predicted molar refractivity (Wildman–Crippen MR) is 178 cm³/mol. The monoisotopic (exact) mass is 738 g/mol. The van der Waals surface area contributed by atoms with Crippen LogP contribution in [0.4, 0.5) is 42.4 Å². The Labute approximate surface area is 296 Å². The van der Waals surface area contributed by atoms with Gasteiger partial charge in [-0.3, -0.25) is 24.7 Å². The van der Waals surface area contributed by atoms with Gasteiger partial charge in [-0.25, -0.2) is 22.5 Å². The summed E-state index contributed by atoms with van der Waals surface area (Å²) in [6.07, 6.45) is 0.154. The van der Waals surface area contributed by atoms with Crippen LogP contribution in [-0.2, 0) is 22.3 Å². The van der Waals surface area contributed by atoms with Gasteiger partial charge < -0.3 is 14.6 Å². The van der Waals surface area contributed by atoms with Gasteiger partial charge in [0.25, 0.3) is 0 Å². The smallest absolute Gasteiger partial charge is 0.416 e. The van der Waals surface area contributed by atoms with E-state index in [2.05, 4.69) is 15.2 Å². The summed E-state index contributed by atoms with van der Waals surface area (Å²) in [4.78, 5) is 35.4. The van der Waals surface area contributed by atoms with Crippen LogP contribution >= 0.6 is 0 Å². The molecule has 2 aromatic carbocycles. The maximum Gasteiger partial charge on any atom is 0.416 e. The van der Waals surface area contributed by atoms with Crippen LogP contribution in [0.2, 0.25) is 0 Å². The SMILES string of the molecule is O=C(O)C1CCN(c2cc(C(F)(F)F)ccc2Cn2ccnc2NC(=O)[C@@H]2CN(C3CCN(C(CF)CF)CC3)C[C@H]2c2ccc(F)cc2F)CC1. The Kier molecular flexibility index (Phi) is 11.4. The highest BCUT2D eigenvalue weighted by Crippen LogP contribution is 2.39. The summed E-state index contributed by atoms with van der Waals surface area (Å²) in [5.41, 5.74) is 0.146. The molecule has 0 unspecified atom stereocenters. The molecule has 0 aliphatic carbocycles. The summed E-state index contributed by atoms with van der Waals surface area (Å²) in [7, 11) is 0. The number of carbonyl (C=O) groups excluding carboxylic acids is 1. The number of piperidine rings is 2. The Bertz CT molecular complexity index is 1720. The molecule has 3 aliphatic heterocycles. The van der Waals surface area contributed by atoms with Crippen LogP contribution in [0.5, 0.6) is 0 Å². The van der Waals surface area contributed by atoms with E-state index in [0.29, 0.717) is 43.7 Å². The van der Waals surface area contributed by atoms with Crippen LogP contribution in [0.15, 0.2) is 48.8 Å². The van der Waals surface area contributed by atoms with E-state index in [1.165, 1.54) is 18.3 Å². The Balaban J connectivity index is 1.21. The molecule has 0 saturated carbocycles. The van der Waals surface area contributed by atoms with Crippen molar-refractivity contribution in [3.63, 3.8) is 0 Å². The lowest BCUT2D eigenvalue weighted by atomic mass is 9.88. The summed E-state index contributed by atoms with van der Waals surface area (Å²) in [5.74, 6) is -4.85. The number of alkyl halides is 5. The molecule has 3 fully saturated rings. The van der Waals surface area contributed by atoms with Gasteiger partial charge in [-0.1, -0.05) is 12.1 Å². The van der Waals surface area contributed by atoms with Gasteiger partial charge in [0.15, 0.2) is 0 Å². The van der Waals surface area contributed by atoms with Crippen molar-refractivity contribution >= 4 is 23.5 Å². The van der Waals surface area contributed by atoms with Crippen molar-refractivity contribution < 1.29 is 45.4 Å². The first-order chi connectivity index (χ1) is 24.9. The lowest BCUT2D eigenvalue weighted by Gasteiger charge is -2.39. The number of benzene rings is 2. The van der Waals surface area contributed by atoms with Crippen LogP contribution in [0.3, 0.4) is 0 Å². The second-order valence-corrected chi connectivity index (χ2v) is 13.9. The highest BCUT2D eigenvalue weighted by molar-refractivity contribution is 5.92. The number of carbonyl (C=O) groups is 2. The third kappa shape index (κ3) is 8.22. The Hall–Kier alpha value is -4.18. The first kappa shape index (κ1) is 37.6. The lowest BCUT2D eigenvalue weighted by Crippen LogP contribution is -2.49. The van der Waals surface area contributed by atoms with Gasteiger partial charge in [0.2, 0.25) is 11.9 Å². The zero-order chi connectivity index (χ0) is 37.2. The summed E-state index contributed by atoms with van der Waals surface area (Å²) < 4.78 is 98.6. The highest BCUT2D eigenvalue weighted by atomic mass is 19.4. The summed E-state index contributed by atoms with van der Waals surface area (Å²) in [5, 5.41) is 12.2. The van der Waals surface area contributed by atoms with Crippen molar-refractivity contribution in [2.45, 2.75) is 56.4 Å². The molecule has 4 heterocycles. The van der Waals surface area contributed by atoms with Crippen LogP contribution in [0, 0.1) is 23.5 Å². The summed E-state index contributed by atoms with van der Waals surface area (Å²) in [6, 6.07) is 5.82. The number of anilines is 2. The normalized spacial score (nSPS) is 21.3. The van der Waals surface area contributed by atoms with E-state index >= 15 is 4.39 Å². The van der Waals surface area contributed by atoms with Crippen molar-refractivity contribution in [1.29, 1.82) is 0 Å². The average Bonchev–Trinajstić information content (AvgIpc) is 3.76. The van der Waals surface area contributed by atoms with Crippen LogP contribution < -0.4 is 10.2 Å². The van der Waals surface area contributed by atoms with E-state index in [0.717, 1.165) is 24.3 Å². The van der Waals surface area contributed by atoms with Crippen molar-refractivity contribution in [3.8, 4) is 0 Å². The van der Waals surface area contributed by atoms with Gasteiger partial charge in [-0.2, -0.15) is 13.2 Å². The molecule has 1 amide bonds. The molecule has 282 valence electrons. The first-order valence-corrected chi connectivity index (χ1v) is 17.4. The molecule has 2 atom stereocenters. The molecule has 3 aromatic rings. The number of likely N-dealkylation sites (tertiary alicyclic amines) is 2. The molecule has 52 heavy (non-hydrogen) atoms. The van der Waals surface area contributed by atoms with Crippen molar-refractivity contribution in [1.82, 2.24) is 19.4 Å². The molecular formula is C36H41F7N6O3. The molecule has 0 radical (unpaired) electrons. The van der Waals surface area contributed by atoms with Crippen molar-refractivity contribution in [2.24, 2.45) is 11.8 Å². The standard InChI is InChI=1S/C36H41F7N6O3/c37-17-27(18-38)46-12-7-26(8-13-46)49-20-29(28-4-3-25(39)16-31(28)40)30(21-49)33(50)45-35-44-9-14-48(35)19-23-1-2-24(36(41,42)43)15-32(23)47-10-5-22(6-11-47)34(51)52/h1-4,9,14-16,22,26-27,29-30H,5-8,10-13,17-21H2,(H,51,52)(H,44,45,50)/t29-,30+/m0/s1. The predicted octanol–water partition coefficient (Wildman–Crippen LogP) is 5.96. The molecule has 1 aromatic heterocycles. The maximum atomic E-state index is 15.2. The fourth-order valence-electron chi connectivity index (χ4n) is 7.85. The minimum atomic E-state index is -4.60. The Morgan fingerprint density at radius 3 is 2.29 bits per heavy atom. The molecule has 6 rings (SSSR count). The number of hydrogen-bond donors (Lipinski definition) is 2. The molecule has 2 N–H and O–H groups in total. The van der Waals surface area contributed by atoms with Crippen LogP contribution in [0.1, 0.15) is 48.3 Å². The van der Waals surface area contributed by atoms with Crippen LogP contribution in [-0.4, -0.2) is 101 Å². The summed E-state index contributed by atoms with van der Waals surface area (Å²) in [6.45, 7) is 0.424. The number of nitrogens with zero attached hydrogens (tertiary/aromatic N) is 5. The minimum absolute atomic E-state index is 0.0272. The number of halogens is 7. The van der Waals surface area contributed by atoms with Gasteiger partial charge >= 0.3 is 12.1 Å². The minimum Gasteiger partial charge on any atom is -0.481 e. The topological polar surface area (TPSA) is 93.9 Å². The molecule has 0 spiro atoms. The molecule has 16 heteroatoms. The number of aromatic nitrogens is 2. The van der Waals surface area contributed by atoms with E-state index in [-0.39, 0.29) is 56.6 Å². The first-order valence-electron chi connectivity index (χ1n) is 17.4. The van der Waals surface area contributed by atoms with E-state index in [1.54, 1.807) is 20.6 Å². The number of aliphatic carboxylic acids is 1. The quantitative estimate of drug-likeness (QED) is 0.235. The second kappa shape index (κ2) is 15.8. The fourth-order valence-corrected chi connectivity index (χ4v) is 7.85. The molecule has 9 nitrogen and oxygen atoms in total. The van der Waals surface area contributed by atoms with Gasteiger partial charge in [-0.15, -0.1) is 0 Å². The third-order valence-electron chi connectivity index (χ3n) is 10.8. The van der Waals surface area contributed by atoms with E-state index in [9.17, 15) is 41.0 Å². The Morgan fingerprint density at radius 2 is 1.65 bits per heavy atom. The number of nitrogens with one attached hydrogen (secondary N) is 1. The molecule has 3 saturated heterocycles. The lowest BCUT2D eigenvalue weighted by molar-refractivity contribution is -0.142. The molecule has 3 aliphatic rings. The number of amides is 1. The highest BCUT2D eigenvalue weighted by Gasteiger charge is 2.43. The number of imidazole rings is 1. The second-order valence-electron chi connectivity index (χ2n) is 13.9. The number of carboxylic acid groups (broad SMARTS) is 1. The number of hydrogen-bond acceptors (Lipinski definition) is 6. The molecular weight excluding hydrogens is 697 g/mol. The van der Waals surface area contributed by atoms with Crippen LogP contribution in [0.25, 0.3) is 0 Å². The zero-order valence-corrected chi connectivity index (χ0v) is 28.3. The number of rotatable bonds is 11. The third-order valence-corrected chi connectivity index (χ3v) is 10.8. The fraction of sp³-hybridized carbons (Fsp3) is 0.528. The largest absolute Gasteiger partial charge is 0.481 e. The summed E-state index contributed by atoms with van der Waals surface area (Å²) >= 11 is 0. The van der Waals surface area contributed by atoms with E-state index in [1.807, 2.05) is 0 Å².